The lowest BCUT2D eigenvalue weighted by Gasteiger charge is -2.34. The first kappa shape index (κ1) is 11.0. The largest absolute Gasteiger partial charge is 0.499 e. The highest BCUT2D eigenvalue weighted by molar-refractivity contribution is 5.31. The highest BCUT2D eigenvalue weighted by atomic mass is 16.5. The summed E-state index contributed by atoms with van der Waals surface area (Å²) in [4.78, 5) is 0. The molecule has 0 aliphatic heterocycles. The molecular weight excluding hydrogens is 184 g/mol. The van der Waals surface area contributed by atoms with E-state index in [1.165, 1.54) is 14.2 Å². The van der Waals surface area contributed by atoms with Crippen molar-refractivity contribution in [1.29, 1.82) is 0 Å². The van der Waals surface area contributed by atoms with Gasteiger partial charge in [-0.15, -0.1) is 0 Å². The standard InChI is InChI=1S/C9H16N2O3/c1-12-6-4-7(13-2)8(10)9(11,5-6)14-3/h4-5,8H,10-11H2,1-3H3. The quantitative estimate of drug-likeness (QED) is 0.611. The first-order valence-corrected chi connectivity index (χ1v) is 4.19. The molecule has 5 heteroatoms. The van der Waals surface area contributed by atoms with Gasteiger partial charge in [0.2, 0.25) is 0 Å². The summed E-state index contributed by atoms with van der Waals surface area (Å²) >= 11 is 0. The molecule has 0 bridgehead atoms. The van der Waals surface area contributed by atoms with E-state index in [0.29, 0.717) is 11.5 Å². The third-order valence-corrected chi connectivity index (χ3v) is 2.27. The SMILES string of the molecule is COC1=CC(N)(OC)C(N)C(OC)=C1. The van der Waals surface area contributed by atoms with Crippen molar-refractivity contribution in [2.75, 3.05) is 21.3 Å². The highest BCUT2D eigenvalue weighted by Gasteiger charge is 2.37. The Kier molecular flexibility index (Phi) is 3.15. The molecule has 0 aromatic rings. The first-order valence-electron chi connectivity index (χ1n) is 4.19. The number of allylic oxidation sites excluding steroid dienone is 1. The minimum Gasteiger partial charge on any atom is -0.499 e. The predicted octanol–water partition coefficient (Wildman–Crippen LogP) is -0.311. The van der Waals surface area contributed by atoms with Gasteiger partial charge in [0.05, 0.1) is 14.2 Å². The van der Waals surface area contributed by atoms with Crippen LogP contribution in [-0.4, -0.2) is 33.1 Å². The van der Waals surface area contributed by atoms with Crippen molar-refractivity contribution in [2.45, 2.75) is 11.8 Å². The molecule has 0 amide bonds. The summed E-state index contributed by atoms with van der Waals surface area (Å²) in [7, 11) is 4.56. The molecule has 0 heterocycles. The molecule has 5 nitrogen and oxygen atoms in total. The van der Waals surface area contributed by atoms with Crippen molar-refractivity contribution in [3.05, 3.63) is 23.7 Å². The van der Waals surface area contributed by atoms with Crippen molar-refractivity contribution in [3.8, 4) is 0 Å². The average Bonchev–Trinajstić information content (AvgIpc) is 2.22. The van der Waals surface area contributed by atoms with Crippen molar-refractivity contribution in [3.63, 3.8) is 0 Å². The van der Waals surface area contributed by atoms with E-state index in [-0.39, 0.29) is 0 Å². The van der Waals surface area contributed by atoms with Crippen molar-refractivity contribution < 1.29 is 14.2 Å². The third kappa shape index (κ3) is 1.75. The minimum atomic E-state index is -1.08. The molecule has 1 rings (SSSR count). The molecule has 0 aromatic heterocycles. The topological polar surface area (TPSA) is 79.7 Å². The Morgan fingerprint density at radius 1 is 1.29 bits per heavy atom. The zero-order chi connectivity index (χ0) is 10.8. The molecule has 0 saturated carbocycles. The fourth-order valence-electron chi connectivity index (χ4n) is 1.30. The van der Waals surface area contributed by atoms with Crippen molar-refractivity contribution >= 4 is 0 Å². The van der Waals surface area contributed by atoms with Crippen LogP contribution in [0.2, 0.25) is 0 Å². The van der Waals surface area contributed by atoms with Crippen LogP contribution in [0.3, 0.4) is 0 Å². The Hall–Kier alpha value is -1.04. The molecule has 1 aliphatic carbocycles. The lowest BCUT2D eigenvalue weighted by Crippen LogP contribution is -2.57. The third-order valence-electron chi connectivity index (χ3n) is 2.27. The number of methoxy groups -OCH3 is 3. The first-order chi connectivity index (χ1) is 6.57. The monoisotopic (exact) mass is 200 g/mol. The lowest BCUT2D eigenvalue weighted by molar-refractivity contribution is 0.00558. The number of hydrogen-bond donors (Lipinski definition) is 2. The molecule has 4 N–H and O–H groups in total. The zero-order valence-corrected chi connectivity index (χ0v) is 8.61. The number of nitrogens with two attached hydrogens (primary N) is 2. The average molecular weight is 200 g/mol. The van der Waals surface area contributed by atoms with Crippen LogP contribution in [0, 0.1) is 0 Å². The van der Waals surface area contributed by atoms with E-state index in [9.17, 15) is 0 Å². The molecule has 0 radical (unpaired) electrons. The van der Waals surface area contributed by atoms with Gasteiger partial charge in [-0.1, -0.05) is 0 Å². The Morgan fingerprint density at radius 3 is 2.36 bits per heavy atom. The zero-order valence-electron chi connectivity index (χ0n) is 8.61. The van der Waals surface area contributed by atoms with Crippen LogP contribution in [0.15, 0.2) is 23.7 Å². The van der Waals surface area contributed by atoms with Gasteiger partial charge in [-0.05, 0) is 0 Å². The highest BCUT2D eigenvalue weighted by Crippen LogP contribution is 2.24. The predicted molar refractivity (Wildman–Crippen MR) is 52.1 cm³/mol. The summed E-state index contributed by atoms with van der Waals surface area (Å²) in [6.45, 7) is 0. The van der Waals surface area contributed by atoms with Gasteiger partial charge in [-0.2, -0.15) is 0 Å². The number of rotatable bonds is 3. The fraction of sp³-hybridized carbons (Fsp3) is 0.556. The van der Waals surface area contributed by atoms with E-state index in [2.05, 4.69) is 0 Å². The van der Waals surface area contributed by atoms with Crippen LogP contribution in [0.4, 0.5) is 0 Å². The molecule has 80 valence electrons. The summed E-state index contributed by atoms with van der Waals surface area (Å²) in [5, 5.41) is 0. The smallest absolute Gasteiger partial charge is 0.161 e. The molecule has 0 spiro atoms. The Labute approximate surface area is 83.3 Å². The Balaban J connectivity index is 3.04. The van der Waals surface area contributed by atoms with Crippen LogP contribution < -0.4 is 11.5 Å². The summed E-state index contributed by atoms with van der Waals surface area (Å²) in [6.07, 6.45) is 3.31. The molecule has 0 saturated heterocycles. The maximum atomic E-state index is 5.91. The van der Waals surface area contributed by atoms with E-state index >= 15 is 0 Å². The molecule has 14 heavy (non-hydrogen) atoms. The van der Waals surface area contributed by atoms with Gasteiger partial charge in [0, 0.05) is 19.3 Å². The molecular formula is C9H16N2O3. The van der Waals surface area contributed by atoms with E-state index in [4.69, 9.17) is 25.7 Å². The summed E-state index contributed by atoms with van der Waals surface area (Å²) < 4.78 is 15.3. The minimum absolute atomic E-state index is 0.531. The molecule has 2 unspecified atom stereocenters. The Morgan fingerprint density at radius 2 is 1.93 bits per heavy atom. The molecule has 1 aliphatic rings. The lowest BCUT2D eigenvalue weighted by atomic mass is 9.97. The van der Waals surface area contributed by atoms with Gasteiger partial charge >= 0.3 is 0 Å². The van der Waals surface area contributed by atoms with Crippen molar-refractivity contribution in [1.82, 2.24) is 0 Å². The Bertz CT molecular complexity index is 275. The van der Waals surface area contributed by atoms with Crippen LogP contribution in [-0.2, 0) is 14.2 Å². The molecule has 0 aromatic carbocycles. The maximum Gasteiger partial charge on any atom is 0.161 e. The van der Waals surface area contributed by atoms with Gasteiger partial charge in [0.25, 0.3) is 0 Å². The molecule has 2 atom stereocenters. The number of ether oxygens (including phenoxy) is 3. The van der Waals surface area contributed by atoms with Crippen LogP contribution >= 0.6 is 0 Å². The van der Waals surface area contributed by atoms with Crippen LogP contribution in [0.5, 0.6) is 0 Å². The number of hydrogen-bond acceptors (Lipinski definition) is 5. The van der Waals surface area contributed by atoms with Crippen LogP contribution in [0.25, 0.3) is 0 Å². The van der Waals surface area contributed by atoms with E-state index < -0.39 is 11.8 Å². The summed E-state index contributed by atoms with van der Waals surface area (Å²) in [6, 6.07) is -0.531. The van der Waals surface area contributed by atoms with Crippen LogP contribution in [0.1, 0.15) is 0 Å². The van der Waals surface area contributed by atoms with Gasteiger partial charge in [0.1, 0.15) is 17.6 Å². The maximum absolute atomic E-state index is 5.91. The molecule has 0 fully saturated rings. The summed E-state index contributed by atoms with van der Waals surface area (Å²) in [5.41, 5.74) is 10.7. The summed E-state index contributed by atoms with van der Waals surface area (Å²) in [5.74, 6) is 1.11. The van der Waals surface area contributed by atoms with E-state index in [0.717, 1.165) is 0 Å². The van der Waals surface area contributed by atoms with Gasteiger partial charge in [-0.3, -0.25) is 5.73 Å². The fourth-order valence-corrected chi connectivity index (χ4v) is 1.30. The second-order valence-electron chi connectivity index (χ2n) is 3.04. The second-order valence-corrected chi connectivity index (χ2v) is 3.04. The normalized spacial score (nSPS) is 31.9. The van der Waals surface area contributed by atoms with E-state index in [1.54, 1.807) is 19.3 Å². The van der Waals surface area contributed by atoms with Gasteiger partial charge in [0.15, 0.2) is 5.72 Å². The second kappa shape index (κ2) is 4.00. The van der Waals surface area contributed by atoms with E-state index in [1.807, 2.05) is 0 Å². The van der Waals surface area contributed by atoms with Gasteiger partial charge < -0.3 is 19.9 Å². The van der Waals surface area contributed by atoms with Crippen molar-refractivity contribution in [2.24, 2.45) is 11.5 Å². The van der Waals surface area contributed by atoms with Gasteiger partial charge in [-0.25, -0.2) is 0 Å².